The van der Waals surface area contributed by atoms with E-state index in [1.165, 1.54) is 97.2 Å². The Morgan fingerprint density at radius 1 is 0.293 bits per heavy atom. The molecule has 3 heterocycles. The molecule has 15 rings (SSSR count). The summed E-state index contributed by atoms with van der Waals surface area (Å²) in [5.41, 5.74) is 16.9. The van der Waals surface area contributed by atoms with Gasteiger partial charge in [-0.3, -0.25) is 0 Å². The molecule has 13 aromatic rings. The molecule has 2 saturated carbocycles. The zero-order valence-corrected chi connectivity index (χ0v) is 42.7. The Morgan fingerprint density at radius 2 is 0.627 bits per heavy atom. The van der Waals surface area contributed by atoms with Crippen LogP contribution in [0.4, 0.5) is 34.1 Å². The molecule has 5 nitrogen and oxygen atoms in total. The van der Waals surface area contributed by atoms with E-state index in [0.29, 0.717) is 11.8 Å². The molecular formula is C70H58N2O3. The molecule has 0 radical (unpaired) electrons. The lowest BCUT2D eigenvalue weighted by Crippen LogP contribution is -2.11. The van der Waals surface area contributed by atoms with Gasteiger partial charge in [0.2, 0.25) is 0 Å². The summed E-state index contributed by atoms with van der Waals surface area (Å²) < 4.78 is 21.8. The summed E-state index contributed by atoms with van der Waals surface area (Å²) in [5.74, 6) is 1.02. The highest BCUT2D eigenvalue weighted by molar-refractivity contribution is 6.26. The Hall–Kier alpha value is -8.28. The van der Waals surface area contributed by atoms with Crippen LogP contribution >= 0.6 is 0 Å². The van der Waals surface area contributed by atoms with Gasteiger partial charge in [0.05, 0.1) is 22.7 Å². The molecule has 3 aromatic heterocycles. The third-order valence-corrected chi connectivity index (χ3v) is 17.1. The van der Waals surface area contributed by atoms with Crippen molar-refractivity contribution in [2.45, 2.75) is 89.9 Å². The molecule has 5 heteroatoms. The number of furan rings is 3. The van der Waals surface area contributed by atoms with E-state index in [9.17, 15) is 0 Å². The zero-order valence-electron chi connectivity index (χ0n) is 42.7. The average Bonchev–Trinajstić information content (AvgIpc) is 4.18. The predicted octanol–water partition coefficient (Wildman–Crippen LogP) is 21.3. The molecular weight excluding hydrogens is 917 g/mol. The van der Waals surface area contributed by atoms with Gasteiger partial charge in [-0.25, -0.2) is 0 Å². The summed E-state index contributed by atoms with van der Waals surface area (Å²) in [7, 11) is 0. The second-order valence-corrected chi connectivity index (χ2v) is 21.7. The number of hydrogen-bond donors (Lipinski definition) is 0. The average molecular weight is 975 g/mol. The van der Waals surface area contributed by atoms with Crippen LogP contribution in [0, 0.1) is 13.8 Å². The Labute approximate surface area is 436 Å². The molecule has 0 N–H and O–H groups in total. The van der Waals surface area contributed by atoms with Gasteiger partial charge in [-0.05, 0) is 111 Å². The number of hydrogen-bond acceptors (Lipinski definition) is 5. The number of aryl methyl sites for hydroxylation is 2. The molecule has 10 aromatic carbocycles. The maximum Gasteiger partial charge on any atom is 0.159 e. The van der Waals surface area contributed by atoms with Gasteiger partial charge in [0, 0.05) is 65.2 Å². The second-order valence-electron chi connectivity index (χ2n) is 21.7. The highest BCUT2D eigenvalue weighted by Gasteiger charge is 2.29. The molecule has 0 atom stereocenters. The molecule has 366 valence electrons. The van der Waals surface area contributed by atoms with Crippen molar-refractivity contribution in [3.05, 3.63) is 204 Å². The number of para-hydroxylation sites is 4. The van der Waals surface area contributed by atoms with E-state index < -0.39 is 0 Å². The van der Waals surface area contributed by atoms with Gasteiger partial charge in [0.1, 0.15) is 22.3 Å². The molecule has 2 aliphatic rings. The number of anilines is 6. The molecule has 0 spiro atoms. The van der Waals surface area contributed by atoms with E-state index in [1.54, 1.807) is 0 Å². The number of benzene rings is 10. The van der Waals surface area contributed by atoms with E-state index in [-0.39, 0.29) is 0 Å². The minimum atomic E-state index is 0.508. The van der Waals surface area contributed by atoms with Gasteiger partial charge in [-0.1, -0.05) is 183 Å². The Kier molecular flexibility index (Phi) is 10.4. The van der Waals surface area contributed by atoms with Gasteiger partial charge in [-0.15, -0.1) is 0 Å². The summed E-state index contributed by atoms with van der Waals surface area (Å²) in [6.45, 7) is 4.32. The lowest BCUT2D eigenvalue weighted by atomic mass is 9.83. The molecule has 0 aliphatic heterocycles. The maximum absolute atomic E-state index is 7.29. The Balaban J connectivity index is 0.994. The second kappa shape index (κ2) is 17.7. The highest BCUT2D eigenvalue weighted by atomic mass is 16.3. The summed E-state index contributed by atoms with van der Waals surface area (Å²) in [4.78, 5) is 4.85. The van der Waals surface area contributed by atoms with E-state index >= 15 is 0 Å². The smallest absolute Gasteiger partial charge is 0.159 e. The maximum atomic E-state index is 7.29. The molecule has 0 amide bonds. The van der Waals surface area contributed by atoms with Crippen molar-refractivity contribution in [2.24, 2.45) is 0 Å². The Morgan fingerprint density at radius 3 is 1.04 bits per heavy atom. The van der Waals surface area contributed by atoms with Crippen molar-refractivity contribution >= 4 is 121 Å². The number of rotatable bonds is 8. The van der Waals surface area contributed by atoms with Crippen LogP contribution in [0.15, 0.2) is 195 Å². The van der Waals surface area contributed by atoms with Crippen LogP contribution in [-0.2, 0) is 0 Å². The fourth-order valence-corrected chi connectivity index (χ4v) is 13.4. The lowest BCUT2D eigenvalue weighted by molar-refractivity contribution is 0.442. The molecule has 0 bridgehead atoms. The number of nitrogens with zero attached hydrogens (tertiary/aromatic N) is 2. The first kappa shape index (κ1) is 44.2. The van der Waals surface area contributed by atoms with Crippen LogP contribution < -0.4 is 9.80 Å². The van der Waals surface area contributed by atoms with Crippen molar-refractivity contribution < 1.29 is 13.3 Å². The first-order valence-electron chi connectivity index (χ1n) is 27.5. The van der Waals surface area contributed by atoms with Crippen molar-refractivity contribution in [1.82, 2.24) is 0 Å². The minimum Gasteiger partial charge on any atom is -0.455 e. The van der Waals surface area contributed by atoms with Crippen molar-refractivity contribution in [1.29, 1.82) is 0 Å². The molecule has 2 fully saturated rings. The topological polar surface area (TPSA) is 45.9 Å². The van der Waals surface area contributed by atoms with Gasteiger partial charge in [0.25, 0.3) is 0 Å². The van der Waals surface area contributed by atoms with Gasteiger partial charge in [-0.2, -0.15) is 0 Å². The third kappa shape index (κ3) is 7.11. The summed E-state index contributed by atoms with van der Waals surface area (Å²) in [6.07, 6.45) is 12.5. The van der Waals surface area contributed by atoms with E-state index in [0.717, 1.165) is 111 Å². The van der Waals surface area contributed by atoms with Crippen molar-refractivity contribution in [3.8, 4) is 0 Å². The normalized spacial score (nSPS) is 15.0. The zero-order chi connectivity index (χ0) is 49.7. The molecule has 75 heavy (non-hydrogen) atoms. The van der Waals surface area contributed by atoms with Crippen LogP contribution in [-0.4, -0.2) is 0 Å². The summed E-state index contributed by atoms with van der Waals surface area (Å²) in [6, 6.07) is 67.1. The van der Waals surface area contributed by atoms with Gasteiger partial charge in [0.15, 0.2) is 11.2 Å². The first-order chi connectivity index (χ1) is 37.0. The molecule has 2 aliphatic carbocycles. The van der Waals surface area contributed by atoms with Crippen LogP contribution in [0.1, 0.15) is 98.3 Å². The molecule has 0 saturated heterocycles. The summed E-state index contributed by atoms with van der Waals surface area (Å²) >= 11 is 0. The van der Waals surface area contributed by atoms with Crippen molar-refractivity contribution in [2.75, 3.05) is 9.80 Å². The largest absolute Gasteiger partial charge is 0.455 e. The first-order valence-corrected chi connectivity index (χ1v) is 27.5. The van der Waals surface area contributed by atoms with E-state index in [2.05, 4.69) is 206 Å². The highest BCUT2D eigenvalue weighted by Crippen LogP contribution is 2.52. The minimum absolute atomic E-state index is 0.508. The number of fused-ring (bicyclic) bond motifs is 13. The lowest BCUT2D eigenvalue weighted by Gasteiger charge is -2.27. The van der Waals surface area contributed by atoms with Gasteiger partial charge < -0.3 is 23.1 Å². The summed E-state index contributed by atoms with van der Waals surface area (Å²) in [5, 5.41) is 11.0. The van der Waals surface area contributed by atoms with Crippen LogP contribution in [0.2, 0.25) is 0 Å². The predicted molar refractivity (Wildman–Crippen MR) is 314 cm³/mol. The van der Waals surface area contributed by atoms with Crippen molar-refractivity contribution in [3.63, 3.8) is 0 Å². The van der Waals surface area contributed by atoms with Crippen LogP contribution in [0.25, 0.3) is 87.4 Å². The molecule has 0 unspecified atom stereocenters. The van der Waals surface area contributed by atoms with Crippen LogP contribution in [0.3, 0.4) is 0 Å². The van der Waals surface area contributed by atoms with Crippen LogP contribution in [0.5, 0.6) is 0 Å². The SMILES string of the molecule is Cc1ccc(N(c2cc3c4cc(N(c5ccc(C)cc5)c5cccc6c5oc5c(C7CCCCC7)cccc56)c5ccccc5c4oc3c3ccccc23)c2cccc3c2oc2c(C4CCCCC4)cccc23)cc1. The third-order valence-electron chi connectivity index (χ3n) is 17.1. The quantitative estimate of drug-likeness (QED) is 0.152. The Bertz CT molecular complexity index is 4070. The van der Waals surface area contributed by atoms with E-state index in [4.69, 9.17) is 13.3 Å². The monoisotopic (exact) mass is 974 g/mol. The van der Waals surface area contributed by atoms with E-state index in [1.807, 2.05) is 0 Å². The standard InChI is InChI=1S/C70H58N2O3/c1-43-33-37-47(38-34-43)71(61-31-15-29-57-55-27-13-25-49(65(55)74-69(57)61)45-17-5-3-6-18-45)63-41-59-60-42-64(52-22-10-12-24-54(52)68(60)73-67(59)53-23-11-9-21-51(53)63)72(48-39-35-44(2)36-40-48)62-32-16-30-58-56-28-14-26-50(66(56)75-70(58)62)46-19-7-4-8-20-46/h9-16,21-42,45-46H,3-8,17-20H2,1-2H3. The fourth-order valence-electron chi connectivity index (χ4n) is 13.4. The fraction of sp³-hybridized carbons (Fsp3) is 0.200. The van der Waals surface area contributed by atoms with Gasteiger partial charge >= 0.3 is 0 Å².